The van der Waals surface area contributed by atoms with E-state index in [1.807, 2.05) is 25.1 Å². The van der Waals surface area contributed by atoms with Gasteiger partial charge in [0.15, 0.2) is 5.82 Å². The number of hydrogen-bond donors (Lipinski definition) is 2. The van der Waals surface area contributed by atoms with Gasteiger partial charge in [0.05, 0.1) is 17.4 Å². The zero-order valence-corrected chi connectivity index (χ0v) is 11.8. The summed E-state index contributed by atoms with van der Waals surface area (Å²) in [5.74, 6) is 0.597. The van der Waals surface area contributed by atoms with Gasteiger partial charge in [-0.3, -0.25) is 9.89 Å². The summed E-state index contributed by atoms with van der Waals surface area (Å²) >= 11 is 1.35. The van der Waals surface area contributed by atoms with E-state index >= 15 is 0 Å². The first kappa shape index (κ1) is 14.2. The van der Waals surface area contributed by atoms with E-state index in [1.165, 1.54) is 11.8 Å². The van der Waals surface area contributed by atoms with Crippen LogP contribution in [0.4, 0.5) is 5.82 Å². The molecule has 1 aromatic heterocycles. The number of H-pyrrole nitrogens is 1. The van der Waals surface area contributed by atoms with Crippen molar-refractivity contribution >= 4 is 23.5 Å². The third-order valence-corrected chi connectivity index (χ3v) is 3.62. The Balaban J connectivity index is 2.14. The highest BCUT2D eigenvalue weighted by Crippen LogP contribution is 2.23. The minimum absolute atomic E-state index is 0.222. The predicted octanol–water partition coefficient (Wildman–Crippen LogP) is 2.84. The number of benzene rings is 1. The van der Waals surface area contributed by atoms with Gasteiger partial charge in [-0.15, -0.1) is 11.8 Å². The van der Waals surface area contributed by atoms with Crippen LogP contribution in [0.3, 0.4) is 0 Å². The Hall–Kier alpha value is -2.26. The first-order chi connectivity index (χ1) is 9.74. The monoisotopic (exact) mass is 286 g/mol. The second kappa shape index (κ2) is 6.78. The quantitative estimate of drug-likeness (QED) is 0.828. The van der Waals surface area contributed by atoms with Crippen LogP contribution in [0.5, 0.6) is 0 Å². The highest BCUT2D eigenvalue weighted by atomic mass is 32.2. The summed E-state index contributed by atoms with van der Waals surface area (Å²) in [4.78, 5) is 13.0. The van der Waals surface area contributed by atoms with Crippen molar-refractivity contribution in [3.05, 3.63) is 41.6 Å². The molecule has 0 fully saturated rings. The van der Waals surface area contributed by atoms with Crippen molar-refractivity contribution < 1.29 is 4.79 Å². The number of carbonyl (C=O) groups is 1. The van der Waals surface area contributed by atoms with Gasteiger partial charge < -0.3 is 5.32 Å². The van der Waals surface area contributed by atoms with Gasteiger partial charge in [-0.2, -0.15) is 10.4 Å². The Morgan fingerprint density at radius 2 is 2.30 bits per heavy atom. The molecule has 2 rings (SSSR count). The molecule has 0 aliphatic rings. The van der Waals surface area contributed by atoms with Crippen molar-refractivity contribution in [1.29, 1.82) is 5.26 Å². The maximum atomic E-state index is 12.2. The summed E-state index contributed by atoms with van der Waals surface area (Å²) in [5.41, 5.74) is 1.52. The molecule has 2 N–H and O–H groups in total. The number of hydrogen-bond acceptors (Lipinski definition) is 4. The largest absolute Gasteiger partial charge is 0.305 e. The van der Waals surface area contributed by atoms with Crippen LogP contribution in [0.1, 0.15) is 23.0 Å². The fourth-order valence-corrected chi connectivity index (χ4v) is 2.39. The van der Waals surface area contributed by atoms with Crippen molar-refractivity contribution in [2.75, 3.05) is 11.1 Å². The molecule has 6 heteroatoms. The van der Waals surface area contributed by atoms with Gasteiger partial charge in [0.25, 0.3) is 5.91 Å². The molecule has 0 aliphatic heterocycles. The summed E-state index contributed by atoms with van der Waals surface area (Å²) < 4.78 is 0. The summed E-state index contributed by atoms with van der Waals surface area (Å²) in [6, 6.07) is 11.1. The molecule has 0 radical (unpaired) electrons. The molecule has 5 nitrogen and oxygen atoms in total. The van der Waals surface area contributed by atoms with Crippen LogP contribution >= 0.6 is 11.8 Å². The summed E-state index contributed by atoms with van der Waals surface area (Å²) in [6.07, 6.45) is 0.831. The molecule has 1 amide bonds. The highest BCUT2D eigenvalue weighted by Gasteiger charge is 2.12. The Morgan fingerprint density at radius 1 is 1.50 bits per heavy atom. The maximum absolute atomic E-state index is 12.2. The van der Waals surface area contributed by atoms with Crippen LogP contribution < -0.4 is 5.32 Å². The van der Waals surface area contributed by atoms with Crippen molar-refractivity contribution in [2.24, 2.45) is 0 Å². The van der Waals surface area contributed by atoms with Crippen LogP contribution in [0.25, 0.3) is 0 Å². The number of nitrogens with zero attached hydrogens (tertiary/aromatic N) is 2. The number of aryl methyl sites for hydroxylation is 1. The number of nitriles is 1. The highest BCUT2D eigenvalue weighted by molar-refractivity contribution is 7.99. The minimum atomic E-state index is -0.222. The van der Waals surface area contributed by atoms with Gasteiger partial charge in [-0.05, 0) is 18.6 Å². The molecular formula is C14H14N4OS. The van der Waals surface area contributed by atoms with Gasteiger partial charge in [-0.25, -0.2) is 0 Å². The van der Waals surface area contributed by atoms with E-state index in [-0.39, 0.29) is 5.91 Å². The molecule has 0 unspecified atom stereocenters. The van der Waals surface area contributed by atoms with Crippen LogP contribution in [0.15, 0.2) is 35.2 Å². The zero-order valence-electron chi connectivity index (χ0n) is 11.0. The maximum Gasteiger partial charge on any atom is 0.258 e. The molecule has 0 saturated carbocycles. The smallest absolute Gasteiger partial charge is 0.258 e. The van der Waals surface area contributed by atoms with E-state index in [0.29, 0.717) is 17.1 Å². The predicted molar refractivity (Wildman–Crippen MR) is 78.7 cm³/mol. The molecule has 20 heavy (non-hydrogen) atoms. The Morgan fingerprint density at radius 3 is 3.00 bits per heavy atom. The minimum Gasteiger partial charge on any atom is -0.305 e. The number of rotatable bonds is 5. The molecule has 0 atom stereocenters. The molecule has 102 valence electrons. The molecule has 1 aromatic carbocycles. The molecule has 0 saturated heterocycles. The SMILES string of the molecule is CCc1cc(NC(=O)c2ccccc2SCC#N)n[nH]1. The lowest BCUT2D eigenvalue weighted by atomic mass is 10.2. The van der Waals surface area contributed by atoms with E-state index in [9.17, 15) is 4.79 Å². The van der Waals surface area contributed by atoms with Crippen LogP contribution in [0, 0.1) is 11.3 Å². The summed E-state index contributed by atoms with van der Waals surface area (Å²) in [6.45, 7) is 2.01. The second-order valence-corrected chi connectivity index (χ2v) is 5.05. The lowest BCUT2D eigenvalue weighted by Crippen LogP contribution is -2.13. The molecule has 1 heterocycles. The van der Waals surface area contributed by atoms with Crippen molar-refractivity contribution in [3.63, 3.8) is 0 Å². The van der Waals surface area contributed by atoms with Crippen LogP contribution in [-0.4, -0.2) is 21.9 Å². The second-order valence-electron chi connectivity index (χ2n) is 4.03. The van der Waals surface area contributed by atoms with E-state index < -0.39 is 0 Å². The van der Waals surface area contributed by atoms with Gasteiger partial charge in [0, 0.05) is 16.7 Å². The topological polar surface area (TPSA) is 81.6 Å². The Bertz CT molecular complexity index is 645. The van der Waals surface area contributed by atoms with E-state index in [2.05, 4.69) is 21.6 Å². The number of nitrogens with one attached hydrogen (secondary N) is 2. The van der Waals surface area contributed by atoms with Crippen molar-refractivity contribution in [3.8, 4) is 6.07 Å². The molecule has 0 spiro atoms. The standard InChI is InChI=1S/C14H14N4OS/c1-2-10-9-13(18-17-10)16-14(19)11-5-3-4-6-12(11)20-8-7-15/h3-6,9H,2,8H2,1H3,(H2,16,17,18,19). The number of aromatic nitrogens is 2. The number of carbonyl (C=O) groups excluding carboxylic acids is 1. The fourth-order valence-electron chi connectivity index (χ4n) is 1.68. The molecule has 2 aromatic rings. The first-order valence-corrected chi connectivity index (χ1v) is 7.17. The molecular weight excluding hydrogens is 272 g/mol. The summed E-state index contributed by atoms with van der Waals surface area (Å²) in [7, 11) is 0. The van der Waals surface area contributed by atoms with Gasteiger partial charge in [0.2, 0.25) is 0 Å². The first-order valence-electron chi connectivity index (χ1n) is 6.19. The van der Waals surface area contributed by atoms with Gasteiger partial charge in [0.1, 0.15) is 0 Å². The number of anilines is 1. The normalized spacial score (nSPS) is 10.0. The third kappa shape index (κ3) is 3.39. The number of amides is 1. The van der Waals surface area contributed by atoms with Gasteiger partial charge >= 0.3 is 0 Å². The van der Waals surface area contributed by atoms with E-state index in [1.54, 1.807) is 12.1 Å². The number of thioether (sulfide) groups is 1. The fraction of sp³-hybridized carbons (Fsp3) is 0.214. The third-order valence-electron chi connectivity index (χ3n) is 2.68. The van der Waals surface area contributed by atoms with E-state index in [0.717, 1.165) is 17.0 Å². The molecule has 0 bridgehead atoms. The Labute approximate surface area is 121 Å². The lowest BCUT2D eigenvalue weighted by Gasteiger charge is -2.06. The van der Waals surface area contributed by atoms with Gasteiger partial charge in [-0.1, -0.05) is 19.1 Å². The Kier molecular flexibility index (Phi) is 4.80. The van der Waals surface area contributed by atoms with Crippen molar-refractivity contribution in [2.45, 2.75) is 18.2 Å². The van der Waals surface area contributed by atoms with Crippen molar-refractivity contribution in [1.82, 2.24) is 10.2 Å². The average Bonchev–Trinajstić information content (AvgIpc) is 2.93. The zero-order chi connectivity index (χ0) is 14.4. The van der Waals surface area contributed by atoms with Crippen LogP contribution in [0.2, 0.25) is 0 Å². The lowest BCUT2D eigenvalue weighted by molar-refractivity contribution is 0.102. The summed E-state index contributed by atoms with van der Waals surface area (Å²) in [5, 5.41) is 18.3. The number of aromatic amines is 1. The molecule has 0 aliphatic carbocycles. The average molecular weight is 286 g/mol. The van der Waals surface area contributed by atoms with Crippen LogP contribution in [-0.2, 0) is 6.42 Å². The van der Waals surface area contributed by atoms with E-state index in [4.69, 9.17) is 5.26 Å².